The van der Waals surface area contributed by atoms with Crippen LogP contribution in [0.5, 0.6) is 0 Å². The van der Waals surface area contributed by atoms with Crippen molar-refractivity contribution < 1.29 is 14.7 Å². The van der Waals surface area contributed by atoms with Crippen molar-refractivity contribution >= 4 is 11.9 Å². The standard InChI is InChI=1S/C18H26N2O3/c1-12(2)16(18(22)23)20-17(21)14-7-5-6-13(10-14)11-19-15-8-3-4-9-15/h5-7,10,12,15-16,19H,3-4,8-9,11H2,1-2H3,(H,20,21)(H,22,23)/t16-/m0/s1. The van der Waals surface area contributed by atoms with Gasteiger partial charge >= 0.3 is 5.97 Å². The molecule has 0 saturated heterocycles. The van der Waals surface area contributed by atoms with Gasteiger partial charge in [0.25, 0.3) is 5.91 Å². The van der Waals surface area contributed by atoms with Crippen molar-refractivity contribution in [1.29, 1.82) is 0 Å². The summed E-state index contributed by atoms with van der Waals surface area (Å²) in [5.41, 5.74) is 1.54. The van der Waals surface area contributed by atoms with Crippen molar-refractivity contribution in [1.82, 2.24) is 10.6 Å². The molecule has 0 bridgehead atoms. The number of aliphatic carboxylic acids is 1. The second-order valence-electron chi connectivity index (χ2n) is 6.60. The van der Waals surface area contributed by atoms with Crippen molar-refractivity contribution in [3.8, 4) is 0 Å². The minimum Gasteiger partial charge on any atom is -0.480 e. The van der Waals surface area contributed by atoms with E-state index in [2.05, 4.69) is 10.6 Å². The minimum absolute atomic E-state index is 0.163. The van der Waals surface area contributed by atoms with Crippen molar-refractivity contribution in [2.75, 3.05) is 0 Å². The Morgan fingerprint density at radius 3 is 2.57 bits per heavy atom. The molecule has 0 aliphatic heterocycles. The van der Waals surface area contributed by atoms with E-state index in [1.165, 1.54) is 25.7 Å². The van der Waals surface area contributed by atoms with Gasteiger partial charge in [0.1, 0.15) is 6.04 Å². The van der Waals surface area contributed by atoms with Crippen LogP contribution < -0.4 is 10.6 Å². The van der Waals surface area contributed by atoms with Gasteiger partial charge in [0.05, 0.1) is 0 Å². The highest BCUT2D eigenvalue weighted by atomic mass is 16.4. The normalized spacial score (nSPS) is 16.5. The molecule has 0 unspecified atom stereocenters. The number of carbonyl (C=O) groups excluding carboxylic acids is 1. The SMILES string of the molecule is CC(C)[C@H](NC(=O)c1cccc(CNC2CCCC2)c1)C(=O)O. The molecule has 1 fully saturated rings. The highest BCUT2D eigenvalue weighted by Gasteiger charge is 2.24. The highest BCUT2D eigenvalue weighted by Crippen LogP contribution is 2.18. The van der Waals surface area contributed by atoms with Crippen LogP contribution in [-0.2, 0) is 11.3 Å². The van der Waals surface area contributed by atoms with Gasteiger partial charge in [-0.05, 0) is 36.5 Å². The fourth-order valence-corrected chi connectivity index (χ4v) is 2.95. The summed E-state index contributed by atoms with van der Waals surface area (Å²) < 4.78 is 0. The molecule has 1 amide bonds. The van der Waals surface area contributed by atoms with E-state index in [0.29, 0.717) is 11.6 Å². The first kappa shape index (κ1) is 17.5. The van der Waals surface area contributed by atoms with Crippen molar-refractivity contribution in [2.45, 2.75) is 58.2 Å². The van der Waals surface area contributed by atoms with E-state index < -0.39 is 12.0 Å². The summed E-state index contributed by atoms with van der Waals surface area (Å²) in [5.74, 6) is -1.51. The Bertz CT molecular complexity index is 551. The Morgan fingerprint density at radius 1 is 1.26 bits per heavy atom. The first-order chi connectivity index (χ1) is 11.0. The van der Waals surface area contributed by atoms with E-state index in [9.17, 15) is 14.7 Å². The maximum absolute atomic E-state index is 12.3. The molecule has 0 heterocycles. The van der Waals surface area contributed by atoms with Gasteiger partial charge in [0.15, 0.2) is 0 Å². The fraction of sp³-hybridized carbons (Fsp3) is 0.556. The quantitative estimate of drug-likeness (QED) is 0.722. The molecule has 1 aromatic rings. The van der Waals surface area contributed by atoms with Gasteiger partial charge in [-0.3, -0.25) is 4.79 Å². The Balaban J connectivity index is 1.97. The molecular weight excluding hydrogens is 292 g/mol. The van der Waals surface area contributed by atoms with E-state index in [4.69, 9.17) is 0 Å². The second-order valence-corrected chi connectivity index (χ2v) is 6.60. The van der Waals surface area contributed by atoms with E-state index in [1.807, 2.05) is 18.2 Å². The Kier molecular flexibility index (Phi) is 6.16. The van der Waals surface area contributed by atoms with Crippen LogP contribution in [0.3, 0.4) is 0 Å². The van der Waals surface area contributed by atoms with Gasteiger partial charge in [-0.15, -0.1) is 0 Å². The number of amides is 1. The molecule has 126 valence electrons. The zero-order valence-electron chi connectivity index (χ0n) is 13.8. The number of nitrogens with one attached hydrogen (secondary N) is 2. The number of carboxylic acids is 1. The maximum atomic E-state index is 12.3. The Hall–Kier alpha value is -1.88. The van der Waals surface area contributed by atoms with Crippen molar-refractivity contribution in [2.24, 2.45) is 5.92 Å². The molecule has 5 nitrogen and oxygen atoms in total. The number of rotatable bonds is 7. The summed E-state index contributed by atoms with van der Waals surface area (Å²) in [6.45, 7) is 4.29. The fourth-order valence-electron chi connectivity index (χ4n) is 2.95. The minimum atomic E-state index is -1.01. The van der Waals surface area contributed by atoms with E-state index in [-0.39, 0.29) is 11.8 Å². The summed E-state index contributed by atoms with van der Waals surface area (Å²) in [4.78, 5) is 23.5. The largest absolute Gasteiger partial charge is 0.480 e. The molecule has 1 aromatic carbocycles. The highest BCUT2D eigenvalue weighted by molar-refractivity contribution is 5.96. The van der Waals surface area contributed by atoms with Crippen LogP contribution in [0.1, 0.15) is 55.5 Å². The zero-order valence-corrected chi connectivity index (χ0v) is 13.8. The lowest BCUT2D eigenvalue weighted by Gasteiger charge is -2.18. The van der Waals surface area contributed by atoms with E-state index in [1.54, 1.807) is 19.9 Å². The van der Waals surface area contributed by atoms with Crippen LogP contribution >= 0.6 is 0 Å². The zero-order chi connectivity index (χ0) is 16.8. The molecule has 0 aromatic heterocycles. The van der Waals surface area contributed by atoms with Crippen LogP contribution in [0.15, 0.2) is 24.3 Å². The molecule has 1 aliphatic rings. The lowest BCUT2D eigenvalue weighted by atomic mass is 10.0. The molecule has 23 heavy (non-hydrogen) atoms. The third-order valence-corrected chi connectivity index (χ3v) is 4.36. The first-order valence-corrected chi connectivity index (χ1v) is 8.33. The lowest BCUT2D eigenvalue weighted by Crippen LogP contribution is -2.44. The predicted molar refractivity (Wildman–Crippen MR) is 89.3 cm³/mol. The second kappa shape index (κ2) is 8.11. The van der Waals surface area contributed by atoms with Gasteiger partial charge < -0.3 is 15.7 Å². The number of hydrogen-bond donors (Lipinski definition) is 3. The smallest absolute Gasteiger partial charge is 0.326 e. The molecule has 3 N–H and O–H groups in total. The Morgan fingerprint density at radius 2 is 1.96 bits per heavy atom. The summed E-state index contributed by atoms with van der Waals surface area (Å²) in [5, 5.41) is 15.3. The summed E-state index contributed by atoms with van der Waals surface area (Å²) in [7, 11) is 0. The number of carbonyl (C=O) groups is 2. The van der Waals surface area contributed by atoms with Crippen LogP contribution in [0.25, 0.3) is 0 Å². The van der Waals surface area contributed by atoms with Crippen LogP contribution in [-0.4, -0.2) is 29.1 Å². The molecule has 0 radical (unpaired) electrons. The van der Waals surface area contributed by atoms with Crippen LogP contribution in [0, 0.1) is 5.92 Å². The maximum Gasteiger partial charge on any atom is 0.326 e. The average molecular weight is 318 g/mol. The monoisotopic (exact) mass is 318 g/mol. The van der Waals surface area contributed by atoms with Gasteiger partial charge in [0, 0.05) is 18.2 Å². The topological polar surface area (TPSA) is 78.4 Å². The molecule has 1 saturated carbocycles. The number of carboxylic acid groups (broad SMARTS) is 1. The van der Waals surface area contributed by atoms with Crippen LogP contribution in [0.4, 0.5) is 0 Å². The molecule has 2 rings (SSSR count). The Labute approximate surface area is 137 Å². The molecule has 1 atom stereocenters. The summed E-state index contributed by atoms with van der Waals surface area (Å²) in [6.07, 6.45) is 5.00. The first-order valence-electron chi connectivity index (χ1n) is 8.33. The number of benzene rings is 1. The van der Waals surface area contributed by atoms with Gasteiger partial charge in [0.2, 0.25) is 0 Å². The van der Waals surface area contributed by atoms with E-state index >= 15 is 0 Å². The molecular formula is C18H26N2O3. The third-order valence-electron chi connectivity index (χ3n) is 4.36. The summed E-state index contributed by atoms with van der Waals surface area (Å²) >= 11 is 0. The summed E-state index contributed by atoms with van der Waals surface area (Å²) in [6, 6.07) is 7.07. The van der Waals surface area contributed by atoms with Crippen molar-refractivity contribution in [3.63, 3.8) is 0 Å². The van der Waals surface area contributed by atoms with Gasteiger partial charge in [-0.2, -0.15) is 0 Å². The molecule has 5 heteroatoms. The third kappa shape index (κ3) is 5.06. The lowest BCUT2D eigenvalue weighted by molar-refractivity contribution is -0.140. The van der Waals surface area contributed by atoms with Gasteiger partial charge in [-0.1, -0.05) is 38.8 Å². The van der Waals surface area contributed by atoms with E-state index in [0.717, 1.165) is 12.1 Å². The molecule has 1 aliphatic carbocycles. The van der Waals surface area contributed by atoms with Gasteiger partial charge in [-0.25, -0.2) is 4.79 Å². The predicted octanol–water partition coefficient (Wildman–Crippen LogP) is 2.56. The average Bonchev–Trinajstić information content (AvgIpc) is 3.03. The van der Waals surface area contributed by atoms with Crippen LogP contribution in [0.2, 0.25) is 0 Å². The number of hydrogen-bond acceptors (Lipinski definition) is 3. The van der Waals surface area contributed by atoms with Crippen molar-refractivity contribution in [3.05, 3.63) is 35.4 Å². The molecule has 0 spiro atoms.